The lowest BCUT2D eigenvalue weighted by Gasteiger charge is -2.45. The van der Waals surface area contributed by atoms with Crippen molar-refractivity contribution in [3.63, 3.8) is 0 Å². The number of carbonyl (C=O) groups is 14. The SMILES string of the molecule is CC(O)C(NC(=O)C(CO)NC(=O)C1CCNC2C(NC(=O)CCC(N)=O)Cc3cc(O)c(O)cc3[NH+]12)C(=O)NC(CO)C(=O)NC(CCCN)C(=O)NC(C(=O)NC(CCC(N)=O)C1=NCCC(C(=O)NC(CO)C(=O)NC(C(=O)NC2CCCN(O)C2=O)C(C)O)N1)C(O)C(=O)O. The van der Waals surface area contributed by atoms with E-state index in [1.807, 2.05) is 5.32 Å². The van der Waals surface area contributed by atoms with Crippen molar-refractivity contribution < 1.29 is 123 Å². The third-order valence-corrected chi connectivity index (χ3v) is 16.6. The molecule has 4 heterocycles. The molecule has 99 heavy (non-hydrogen) atoms. The number of nitrogens with two attached hydrogens (primary N) is 3. The van der Waals surface area contributed by atoms with E-state index in [-0.39, 0.29) is 77.0 Å². The first-order valence-corrected chi connectivity index (χ1v) is 31.6. The predicted molar refractivity (Wildman–Crippen MR) is 334 cm³/mol. The topological polar surface area (TPSA) is 684 Å². The van der Waals surface area contributed by atoms with Gasteiger partial charge in [-0.05, 0) is 65.0 Å². The van der Waals surface area contributed by atoms with Crippen molar-refractivity contribution in [2.75, 3.05) is 46.0 Å². The van der Waals surface area contributed by atoms with Gasteiger partial charge in [0.2, 0.25) is 65.0 Å². The van der Waals surface area contributed by atoms with Crippen LogP contribution in [0.25, 0.3) is 0 Å². The molecule has 4 aliphatic heterocycles. The highest BCUT2D eigenvalue weighted by Gasteiger charge is 2.50. The molecule has 550 valence electrons. The van der Waals surface area contributed by atoms with Crippen LogP contribution in [0.3, 0.4) is 0 Å². The molecule has 42 heteroatoms. The van der Waals surface area contributed by atoms with E-state index in [1.54, 1.807) is 0 Å². The second-order valence-corrected chi connectivity index (χ2v) is 24.0. The summed E-state index contributed by atoms with van der Waals surface area (Å²) in [4.78, 5) is 190. The average Bonchev–Trinajstić information content (AvgIpc) is 0.748. The normalized spacial score (nSPS) is 22.1. The fourth-order valence-corrected chi connectivity index (χ4v) is 11.3. The molecule has 0 aliphatic carbocycles. The molecule has 5 rings (SSSR count). The van der Waals surface area contributed by atoms with E-state index in [4.69, 9.17) is 17.2 Å². The molecule has 2 fully saturated rings. The van der Waals surface area contributed by atoms with Gasteiger partial charge in [-0.25, -0.2) is 9.86 Å². The molecular weight excluding hydrogens is 1320 g/mol. The van der Waals surface area contributed by atoms with Crippen molar-refractivity contribution in [3.8, 4) is 11.5 Å². The second kappa shape index (κ2) is 37.4. The van der Waals surface area contributed by atoms with Gasteiger partial charge in [0.05, 0.1) is 44.1 Å². The van der Waals surface area contributed by atoms with E-state index >= 15 is 0 Å². The van der Waals surface area contributed by atoms with Gasteiger partial charge in [0.25, 0.3) is 11.8 Å². The van der Waals surface area contributed by atoms with Gasteiger partial charge in [0.1, 0.15) is 65.9 Å². The van der Waals surface area contributed by atoms with Crippen molar-refractivity contribution >= 4 is 94.3 Å². The smallest absolute Gasteiger partial charge is 0.335 e. The number of hydrogen-bond donors (Lipinski definition) is 26. The quantitative estimate of drug-likeness (QED) is 0.0169. The Morgan fingerprint density at radius 2 is 1.20 bits per heavy atom. The molecular formula is C57H89N18O24+. The molecule has 0 saturated carbocycles. The van der Waals surface area contributed by atoms with Crippen molar-refractivity contribution in [2.24, 2.45) is 22.2 Å². The monoisotopic (exact) mass is 1410 g/mol. The number of carbonyl (C=O) groups excluding carboxylic acids is 13. The number of aliphatic imine (C=N–C) groups is 1. The van der Waals surface area contributed by atoms with E-state index in [9.17, 15) is 118 Å². The summed E-state index contributed by atoms with van der Waals surface area (Å²) in [5, 5.41) is 133. The number of piperidine rings is 1. The molecule has 17 atom stereocenters. The number of quaternary nitrogens is 1. The maximum absolute atomic E-state index is 14.2. The number of rotatable bonds is 36. The van der Waals surface area contributed by atoms with Crippen LogP contribution in [-0.4, -0.2) is 288 Å². The van der Waals surface area contributed by atoms with Crippen LogP contribution < -0.4 is 85.9 Å². The van der Waals surface area contributed by atoms with Crippen molar-refractivity contribution in [3.05, 3.63) is 17.7 Å². The van der Waals surface area contributed by atoms with Crippen LogP contribution in [0.1, 0.15) is 83.6 Å². The number of primary amides is 2. The number of carboxylic acid groups (broad SMARTS) is 1. The number of hydrogen-bond acceptors (Lipinski definition) is 27. The molecule has 0 spiro atoms. The highest BCUT2D eigenvalue weighted by atomic mass is 16.5. The second-order valence-electron chi connectivity index (χ2n) is 24.0. The third-order valence-electron chi connectivity index (χ3n) is 16.6. The number of benzene rings is 1. The van der Waals surface area contributed by atoms with Crippen LogP contribution in [0.4, 0.5) is 5.69 Å². The van der Waals surface area contributed by atoms with Gasteiger partial charge in [-0.1, -0.05) is 0 Å². The lowest BCUT2D eigenvalue weighted by atomic mass is 9.90. The molecule has 0 radical (unpaired) electrons. The maximum atomic E-state index is 14.2. The Balaban J connectivity index is 1.25. The standard InChI is InChI=1S/C57H88N18O24/c1-23(79)41(53(93)67-29-6-4-16-74(99)56(29)96)71-50(90)32(21-77)68-47(87)28-11-14-61-45(64-28)26(7-8-38(59)83)65-55(95)43(44(86)57(97)98)73-48(88)27(5-3-13-58)66-49(89)31(20-76)70-54(94)42(24(2)80)72-51(91)33(22-78)69-52(92)34-12-15-62-46-30(63-40(85)10-9-39(60)84)17-25-18-36(81)37(82)19-35(25)75(34)46/h18-19,23-24,26-34,41-44,46,62,76-82,86,99H,3-17,20-22,58H2,1-2H3,(H2,59,83)(H2,60,84)(H,61,64)(H,63,85)(H,65,95)(H,66,89)(H,67,93)(H,68,87)(H,69,92)(H,70,94)(H,71,90)(H,72,91)(H,73,88)(H,97,98)/p+1. The van der Waals surface area contributed by atoms with Gasteiger partial charge in [0, 0.05) is 63.4 Å². The molecule has 0 aromatic heterocycles. The molecule has 2 saturated heterocycles. The average molecular weight is 1410 g/mol. The highest BCUT2D eigenvalue weighted by Crippen LogP contribution is 2.33. The molecule has 42 nitrogen and oxygen atoms in total. The Morgan fingerprint density at radius 1 is 0.657 bits per heavy atom. The molecule has 1 aromatic carbocycles. The highest BCUT2D eigenvalue weighted by molar-refractivity contribution is 6.02. The Hall–Kier alpha value is -9.53. The number of aliphatic hydroxyl groups excluding tert-OH is 6. The Bertz CT molecular complexity index is 3180. The fourth-order valence-electron chi connectivity index (χ4n) is 11.3. The number of aromatic hydroxyl groups is 2. The van der Waals surface area contributed by atoms with E-state index in [2.05, 4.69) is 63.5 Å². The van der Waals surface area contributed by atoms with Gasteiger partial charge in [-0.3, -0.25) is 82.7 Å². The van der Waals surface area contributed by atoms with Crippen LogP contribution in [-0.2, 0) is 73.5 Å². The van der Waals surface area contributed by atoms with Crippen molar-refractivity contribution in [1.29, 1.82) is 0 Å². The first-order valence-electron chi connectivity index (χ1n) is 31.6. The van der Waals surface area contributed by atoms with Gasteiger partial charge >= 0.3 is 5.97 Å². The molecule has 29 N–H and O–H groups in total. The lowest BCUT2D eigenvalue weighted by Crippen LogP contribution is -3.22. The van der Waals surface area contributed by atoms with Crippen molar-refractivity contribution in [2.45, 2.75) is 181 Å². The number of phenols is 2. The largest absolute Gasteiger partial charge is 0.504 e. The first kappa shape index (κ1) is 80.2. The van der Waals surface area contributed by atoms with Crippen LogP contribution in [0.5, 0.6) is 11.5 Å². The number of phenolic OH excluding ortho intramolecular Hbond substituents is 2. The van der Waals surface area contributed by atoms with Crippen LogP contribution in [0.2, 0.25) is 0 Å². The number of amidine groups is 1. The third kappa shape index (κ3) is 22.2. The summed E-state index contributed by atoms with van der Waals surface area (Å²) in [5.41, 5.74) is 17.0. The Kier molecular flexibility index (Phi) is 30.3. The zero-order chi connectivity index (χ0) is 73.7. The summed E-state index contributed by atoms with van der Waals surface area (Å²) in [6, 6.07) is -17.3. The van der Waals surface area contributed by atoms with Gasteiger partial charge in [0.15, 0.2) is 29.8 Å². The number of fused-ring (bicyclic) bond motifs is 3. The van der Waals surface area contributed by atoms with E-state index in [0.717, 1.165) is 13.8 Å². The number of amides is 13. The minimum absolute atomic E-state index is 0.00483. The van der Waals surface area contributed by atoms with Gasteiger partial charge < -0.3 is 122 Å². The number of nitrogens with one attached hydrogen (secondary N) is 13. The molecule has 4 aliphatic rings. The number of aliphatic hydroxyl groups is 6. The zero-order valence-corrected chi connectivity index (χ0v) is 53.9. The molecule has 17 unspecified atom stereocenters. The van der Waals surface area contributed by atoms with E-state index < -0.39 is 230 Å². The summed E-state index contributed by atoms with van der Waals surface area (Å²) in [5.74, 6) is -17.4. The zero-order valence-electron chi connectivity index (χ0n) is 53.9. The number of nitrogens with zero attached hydrogens (tertiary/aromatic N) is 2. The summed E-state index contributed by atoms with van der Waals surface area (Å²) in [6.45, 7) is -1.49. The number of aliphatic carboxylic acids is 1. The minimum Gasteiger partial charge on any atom is -0.504 e. The summed E-state index contributed by atoms with van der Waals surface area (Å²) < 4.78 is 0. The van der Waals surface area contributed by atoms with Crippen LogP contribution in [0.15, 0.2) is 17.1 Å². The molecule has 13 amide bonds. The fraction of sp³-hybridized carbons (Fsp3) is 0.632. The summed E-state index contributed by atoms with van der Waals surface area (Å²) in [7, 11) is 0. The summed E-state index contributed by atoms with van der Waals surface area (Å²) >= 11 is 0. The van der Waals surface area contributed by atoms with E-state index in [1.165, 1.54) is 12.1 Å². The minimum atomic E-state index is -2.78. The first-order chi connectivity index (χ1) is 46.7. The lowest BCUT2D eigenvalue weighted by molar-refractivity contribution is -0.891. The number of hydroxylamine groups is 2. The Labute approximate surface area is 563 Å². The summed E-state index contributed by atoms with van der Waals surface area (Å²) in [6.07, 6.45) is -8.55. The Morgan fingerprint density at radius 3 is 1.79 bits per heavy atom. The van der Waals surface area contributed by atoms with Crippen molar-refractivity contribution in [1.82, 2.24) is 68.9 Å². The van der Waals surface area contributed by atoms with Crippen LogP contribution in [0, 0.1) is 0 Å². The van der Waals surface area contributed by atoms with E-state index in [0.29, 0.717) is 27.6 Å². The van der Waals surface area contributed by atoms with Gasteiger partial charge in [-0.15, -0.1) is 0 Å². The maximum Gasteiger partial charge on any atom is 0.335 e. The molecule has 1 aromatic rings. The predicted octanol–water partition coefficient (Wildman–Crippen LogP) is -14.1. The van der Waals surface area contributed by atoms with Crippen LogP contribution >= 0.6 is 0 Å². The number of carboxylic acids is 1. The van der Waals surface area contributed by atoms with Gasteiger partial charge in [-0.2, -0.15) is 0 Å². The molecule has 0 bridgehead atoms.